The van der Waals surface area contributed by atoms with Gasteiger partial charge in [0.25, 0.3) is 0 Å². The van der Waals surface area contributed by atoms with Crippen molar-refractivity contribution in [3.05, 3.63) is 53.6 Å². The summed E-state index contributed by atoms with van der Waals surface area (Å²) < 4.78 is 22.9. The maximum atomic E-state index is 13.5. The van der Waals surface area contributed by atoms with Crippen molar-refractivity contribution in [2.45, 2.75) is 71.8 Å². The maximum Gasteiger partial charge on any atom is 0.411 e. The summed E-state index contributed by atoms with van der Waals surface area (Å²) in [6.45, 7) is 8.95. The van der Waals surface area contributed by atoms with Crippen LogP contribution in [0, 0.1) is 0 Å². The standard InChI is InChI=1S/C28H36N2O7/c1-18(2)35-25-22(34-6)13-12-20-17-30(27(33)37-28(3,4)5)21(16-19-10-8-7-9-11-19)26(32)29-15-14-23(31)36-24(20)25/h7-13,18,21H,14-17H2,1-6H3,(H,29,32)/t21-/m0/s1. The van der Waals surface area contributed by atoms with Gasteiger partial charge in [0.05, 0.1) is 26.2 Å². The summed E-state index contributed by atoms with van der Waals surface area (Å²) >= 11 is 0. The SMILES string of the molecule is COc1ccc2c(c1OC(C)C)OC(=O)CCNC(=O)[C@H](Cc1ccccc1)N(C(=O)OC(C)(C)C)C2. The largest absolute Gasteiger partial charge is 0.493 e. The predicted molar refractivity (Wildman–Crippen MR) is 138 cm³/mol. The van der Waals surface area contributed by atoms with Gasteiger partial charge in [-0.2, -0.15) is 0 Å². The highest BCUT2D eigenvalue weighted by atomic mass is 16.6. The number of amides is 2. The molecule has 37 heavy (non-hydrogen) atoms. The third-order valence-electron chi connectivity index (χ3n) is 5.49. The third kappa shape index (κ3) is 7.62. The molecule has 0 spiro atoms. The molecule has 1 N–H and O–H groups in total. The van der Waals surface area contributed by atoms with Gasteiger partial charge in [-0.15, -0.1) is 0 Å². The highest BCUT2D eigenvalue weighted by Crippen LogP contribution is 2.42. The Morgan fingerprint density at radius 1 is 1.14 bits per heavy atom. The van der Waals surface area contributed by atoms with E-state index in [4.69, 9.17) is 18.9 Å². The number of methoxy groups -OCH3 is 1. The van der Waals surface area contributed by atoms with E-state index in [1.165, 1.54) is 12.0 Å². The molecule has 1 aliphatic rings. The molecule has 0 aliphatic carbocycles. The fourth-order valence-corrected chi connectivity index (χ4v) is 3.89. The Hall–Kier alpha value is -3.75. The van der Waals surface area contributed by atoms with Crippen LogP contribution in [-0.4, -0.2) is 54.3 Å². The molecular formula is C28H36N2O7. The minimum absolute atomic E-state index is 0.0464. The Morgan fingerprint density at radius 3 is 2.46 bits per heavy atom. The second kappa shape index (κ2) is 12.0. The number of benzene rings is 2. The smallest absolute Gasteiger partial charge is 0.411 e. The van der Waals surface area contributed by atoms with Gasteiger partial charge in [-0.25, -0.2) is 4.79 Å². The summed E-state index contributed by atoms with van der Waals surface area (Å²) in [6.07, 6.45) is -0.717. The summed E-state index contributed by atoms with van der Waals surface area (Å²) in [5.74, 6) is -0.147. The predicted octanol–water partition coefficient (Wildman–Crippen LogP) is 4.26. The minimum Gasteiger partial charge on any atom is -0.493 e. The molecule has 0 saturated carbocycles. The molecule has 0 radical (unpaired) electrons. The Labute approximate surface area is 218 Å². The van der Waals surface area contributed by atoms with E-state index in [1.54, 1.807) is 32.9 Å². The third-order valence-corrected chi connectivity index (χ3v) is 5.49. The first-order valence-electron chi connectivity index (χ1n) is 12.4. The van der Waals surface area contributed by atoms with Crippen molar-refractivity contribution in [1.82, 2.24) is 10.2 Å². The van der Waals surface area contributed by atoms with Gasteiger partial charge in [-0.3, -0.25) is 14.5 Å². The molecule has 1 heterocycles. The molecule has 3 rings (SSSR count). The molecule has 0 aromatic heterocycles. The lowest BCUT2D eigenvalue weighted by Crippen LogP contribution is -2.51. The topological polar surface area (TPSA) is 103 Å². The van der Waals surface area contributed by atoms with Crippen LogP contribution in [0.2, 0.25) is 0 Å². The summed E-state index contributed by atoms with van der Waals surface area (Å²) in [5.41, 5.74) is 0.554. The molecular weight excluding hydrogens is 476 g/mol. The van der Waals surface area contributed by atoms with Crippen LogP contribution in [0.5, 0.6) is 17.2 Å². The zero-order valence-electron chi connectivity index (χ0n) is 22.3. The first-order valence-corrected chi connectivity index (χ1v) is 12.4. The number of nitrogens with one attached hydrogen (secondary N) is 1. The molecule has 1 aliphatic heterocycles. The second-order valence-corrected chi connectivity index (χ2v) is 10.1. The lowest BCUT2D eigenvalue weighted by atomic mass is 10.0. The minimum atomic E-state index is -0.908. The molecule has 2 aromatic carbocycles. The van der Waals surface area contributed by atoms with Crippen molar-refractivity contribution in [1.29, 1.82) is 0 Å². The van der Waals surface area contributed by atoms with E-state index in [-0.39, 0.29) is 43.5 Å². The highest BCUT2D eigenvalue weighted by molar-refractivity contribution is 5.87. The van der Waals surface area contributed by atoms with E-state index < -0.39 is 29.6 Å². The lowest BCUT2D eigenvalue weighted by Gasteiger charge is -2.33. The fourth-order valence-electron chi connectivity index (χ4n) is 3.89. The van der Waals surface area contributed by atoms with E-state index in [0.29, 0.717) is 11.3 Å². The van der Waals surface area contributed by atoms with Crippen molar-refractivity contribution in [3.63, 3.8) is 0 Å². The van der Waals surface area contributed by atoms with Gasteiger partial charge in [0.1, 0.15) is 11.6 Å². The van der Waals surface area contributed by atoms with Crippen molar-refractivity contribution in [2.75, 3.05) is 13.7 Å². The highest BCUT2D eigenvalue weighted by Gasteiger charge is 2.35. The summed E-state index contributed by atoms with van der Waals surface area (Å²) in [7, 11) is 1.49. The number of hydrogen-bond donors (Lipinski definition) is 1. The van der Waals surface area contributed by atoms with Crippen LogP contribution in [-0.2, 0) is 27.3 Å². The number of rotatable bonds is 5. The average molecular weight is 513 g/mol. The molecule has 2 aromatic rings. The van der Waals surface area contributed by atoms with Crippen molar-refractivity contribution in [2.24, 2.45) is 0 Å². The average Bonchev–Trinajstić information content (AvgIpc) is 2.83. The Balaban J connectivity index is 2.16. The quantitative estimate of drug-likeness (QED) is 0.472. The van der Waals surface area contributed by atoms with Crippen molar-refractivity contribution < 1.29 is 33.3 Å². The van der Waals surface area contributed by atoms with Gasteiger partial charge >= 0.3 is 12.1 Å². The van der Waals surface area contributed by atoms with Crippen molar-refractivity contribution >= 4 is 18.0 Å². The first kappa shape index (κ1) is 27.8. The molecule has 0 fully saturated rings. The molecule has 9 heteroatoms. The zero-order valence-corrected chi connectivity index (χ0v) is 22.3. The Bertz CT molecular complexity index is 1110. The number of esters is 1. The summed E-state index contributed by atoms with van der Waals surface area (Å²) in [6, 6.07) is 11.9. The van der Waals surface area contributed by atoms with Gasteiger partial charge in [-0.05, 0) is 52.3 Å². The van der Waals surface area contributed by atoms with E-state index in [1.807, 2.05) is 44.2 Å². The van der Waals surface area contributed by atoms with Gasteiger partial charge in [0, 0.05) is 18.5 Å². The van der Waals surface area contributed by atoms with Gasteiger partial charge in [-0.1, -0.05) is 30.3 Å². The van der Waals surface area contributed by atoms with Gasteiger partial charge in [0.15, 0.2) is 11.5 Å². The molecule has 0 saturated heterocycles. The van der Waals surface area contributed by atoms with Crippen LogP contribution in [0.1, 0.15) is 52.2 Å². The Kier molecular flexibility index (Phi) is 9.02. The van der Waals surface area contributed by atoms with Gasteiger partial charge in [0.2, 0.25) is 11.7 Å². The first-order chi connectivity index (χ1) is 17.5. The number of hydrogen-bond acceptors (Lipinski definition) is 7. The molecule has 1 atom stereocenters. The Morgan fingerprint density at radius 2 is 1.84 bits per heavy atom. The van der Waals surface area contributed by atoms with E-state index in [9.17, 15) is 14.4 Å². The van der Waals surface area contributed by atoms with Crippen LogP contribution in [0.4, 0.5) is 4.79 Å². The zero-order chi connectivity index (χ0) is 27.2. The van der Waals surface area contributed by atoms with Crippen LogP contribution < -0.4 is 19.5 Å². The fraction of sp³-hybridized carbons (Fsp3) is 0.464. The summed E-state index contributed by atoms with van der Waals surface area (Å²) in [5, 5.41) is 2.78. The van der Waals surface area contributed by atoms with Crippen LogP contribution >= 0.6 is 0 Å². The van der Waals surface area contributed by atoms with Crippen molar-refractivity contribution in [3.8, 4) is 17.2 Å². The van der Waals surface area contributed by atoms with Crippen LogP contribution in [0.25, 0.3) is 0 Å². The number of nitrogens with zero attached hydrogens (tertiary/aromatic N) is 1. The molecule has 0 bridgehead atoms. The maximum absolute atomic E-state index is 13.5. The number of carbonyl (C=O) groups excluding carboxylic acids is 3. The lowest BCUT2D eigenvalue weighted by molar-refractivity contribution is -0.134. The molecule has 9 nitrogen and oxygen atoms in total. The van der Waals surface area contributed by atoms with E-state index >= 15 is 0 Å². The molecule has 2 amide bonds. The number of fused-ring (bicyclic) bond motifs is 1. The van der Waals surface area contributed by atoms with E-state index in [0.717, 1.165) is 5.56 Å². The molecule has 200 valence electrons. The van der Waals surface area contributed by atoms with Crippen LogP contribution in [0.15, 0.2) is 42.5 Å². The van der Waals surface area contributed by atoms with Crippen LogP contribution in [0.3, 0.4) is 0 Å². The normalized spacial score (nSPS) is 16.7. The monoisotopic (exact) mass is 512 g/mol. The molecule has 0 unspecified atom stereocenters. The van der Waals surface area contributed by atoms with Gasteiger partial charge < -0.3 is 24.3 Å². The van der Waals surface area contributed by atoms with E-state index in [2.05, 4.69) is 5.32 Å². The number of carbonyl (C=O) groups is 3. The number of ether oxygens (including phenoxy) is 4. The second-order valence-electron chi connectivity index (χ2n) is 10.1. The summed E-state index contributed by atoms with van der Waals surface area (Å²) in [4.78, 5) is 41.0.